The maximum absolute atomic E-state index is 13.3. The van der Waals surface area contributed by atoms with E-state index < -0.39 is 60.7 Å². The first-order valence-electron chi connectivity index (χ1n) is 7.66. The summed E-state index contributed by atoms with van der Waals surface area (Å²) in [7, 11) is -7.44. The van der Waals surface area contributed by atoms with Crippen LogP contribution >= 0.6 is 0 Å². The molecule has 0 heterocycles. The molecule has 2 N–H and O–H groups in total. The average molecular weight is 465 g/mol. The van der Waals surface area contributed by atoms with Crippen molar-refractivity contribution in [3.63, 3.8) is 0 Å². The molecule has 0 aromatic rings. The number of sulfonamides is 1. The molecule has 0 aromatic carbocycles. The van der Waals surface area contributed by atoms with E-state index in [1.54, 1.807) is 14.1 Å². The lowest BCUT2D eigenvalue weighted by Gasteiger charge is -2.31. The lowest BCUT2D eigenvalue weighted by Crippen LogP contribution is -2.53. The number of hydrogen-bond donors (Lipinski definition) is 2. The van der Waals surface area contributed by atoms with Crippen LogP contribution in [0.1, 0.15) is 12.8 Å². The third kappa shape index (κ3) is 8.10. The summed E-state index contributed by atoms with van der Waals surface area (Å²) >= 11 is 0. The van der Waals surface area contributed by atoms with Gasteiger partial charge in [-0.2, -0.15) is 34.7 Å². The van der Waals surface area contributed by atoms with Gasteiger partial charge in [-0.15, -0.1) is 0 Å². The number of nitrogens with zero attached hydrogens (tertiary/aromatic N) is 2. The first-order valence-corrected chi connectivity index (χ1v) is 10.7. The molecule has 0 rings (SSSR count). The Labute approximate surface area is 159 Å². The van der Waals surface area contributed by atoms with Crippen molar-refractivity contribution >= 4 is 26.1 Å². The molecular weight excluding hydrogens is 443 g/mol. The fraction of sp³-hybridized carbons (Fsp3) is 0.917. The highest BCUT2D eigenvalue weighted by molar-refractivity contribution is 7.90. The molecule has 0 bridgehead atoms. The molecule has 0 unspecified atom stereocenters. The van der Waals surface area contributed by atoms with Gasteiger partial charge >= 0.3 is 17.4 Å². The molecule has 0 aliphatic rings. The van der Waals surface area contributed by atoms with E-state index in [0.717, 1.165) is 0 Å². The highest BCUT2D eigenvalue weighted by Crippen LogP contribution is 2.41. The first kappa shape index (κ1) is 26.9. The lowest BCUT2D eigenvalue weighted by molar-refractivity contribution is -0.890. The van der Waals surface area contributed by atoms with E-state index in [9.17, 15) is 43.6 Å². The molecule has 0 atom stereocenters. The van der Waals surface area contributed by atoms with Crippen LogP contribution in [0.5, 0.6) is 0 Å². The second-order valence-corrected chi connectivity index (χ2v) is 10.2. The molecule has 0 saturated carbocycles. The van der Waals surface area contributed by atoms with Crippen LogP contribution in [0, 0.1) is 0 Å². The second-order valence-electron chi connectivity index (χ2n) is 6.62. The second kappa shape index (κ2) is 9.15. The largest absolute Gasteiger partial charge is 0.480 e. The van der Waals surface area contributed by atoms with Crippen LogP contribution in [0.25, 0.3) is 0 Å². The van der Waals surface area contributed by atoms with Crippen molar-refractivity contribution in [2.24, 2.45) is 0 Å². The molecule has 16 heteroatoms. The van der Waals surface area contributed by atoms with Crippen LogP contribution in [0.15, 0.2) is 0 Å². The standard InChI is InChI=1S/C12H21F5N2O7S2/c1-19(2,7-4-8-27(22,23)24)6-3-5-18(9-10(20)21)28(25,26)12(16,17)11(13,14)15/h3-9H2,1-2H3,(H-,20,21,22,23,24)/p+1. The van der Waals surface area contributed by atoms with Crippen molar-refractivity contribution in [3.05, 3.63) is 0 Å². The van der Waals surface area contributed by atoms with Crippen LogP contribution in [0.2, 0.25) is 0 Å². The Kier molecular flexibility index (Phi) is 8.79. The van der Waals surface area contributed by atoms with Crippen molar-refractivity contribution in [1.82, 2.24) is 4.31 Å². The summed E-state index contributed by atoms with van der Waals surface area (Å²) in [6.07, 6.45) is -6.69. The monoisotopic (exact) mass is 465 g/mol. The molecule has 9 nitrogen and oxygen atoms in total. The van der Waals surface area contributed by atoms with Crippen LogP contribution in [-0.4, -0.2) is 98.7 Å². The Bertz CT molecular complexity index is 751. The Morgan fingerprint density at radius 1 is 1.00 bits per heavy atom. The quantitative estimate of drug-likeness (QED) is 0.245. The molecule has 0 aliphatic carbocycles. The number of alkyl halides is 5. The zero-order valence-electron chi connectivity index (χ0n) is 15.0. The Morgan fingerprint density at radius 3 is 1.86 bits per heavy atom. The molecular formula is C12H22F5N2O7S2+. The Balaban J connectivity index is 5.16. The lowest BCUT2D eigenvalue weighted by atomic mass is 10.3. The minimum absolute atomic E-state index is 0.00864. The Hall–Kier alpha value is -1.10. The van der Waals surface area contributed by atoms with Crippen molar-refractivity contribution in [3.8, 4) is 0 Å². The number of hydrogen-bond acceptors (Lipinski definition) is 5. The molecule has 0 spiro atoms. The van der Waals surface area contributed by atoms with E-state index in [4.69, 9.17) is 9.66 Å². The van der Waals surface area contributed by atoms with Gasteiger partial charge in [0.1, 0.15) is 6.54 Å². The predicted octanol–water partition coefficient (Wildman–Crippen LogP) is 0.602. The van der Waals surface area contributed by atoms with Gasteiger partial charge in [-0.05, 0) is 0 Å². The molecule has 168 valence electrons. The van der Waals surface area contributed by atoms with Crippen LogP contribution < -0.4 is 0 Å². The number of halogens is 5. The van der Waals surface area contributed by atoms with E-state index >= 15 is 0 Å². The van der Waals surface area contributed by atoms with Gasteiger partial charge in [0.15, 0.2) is 0 Å². The number of carbonyl (C=O) groups is 1. The van der Waals surface area contributed by atoms with Gasteiger partial charge in [0.25, 0.3) is 20.1 Å². The fourth-order valence-electron chi connectivity index (χ4n) is 2.21. The average Bonchev–Trinajstić information content (AvgIpc) is 2.42. The summed E-state index contributed by atoms with van der Waals surface area (Å²) in [5.74, 6) is -2.46. The van der Waals surface area contributed by atoms with E-state index in [0.29, 0.717) is 0 Å². The fourth-order valence-corrected chi connectivity index (χ4v) is 3.97. The molecule has 0 saturated heterocycles. The van der Waals surface area contributed by atoms with Gasteiger partial charge in [-0.1, -0.05) is 0 Å². The third-order valence-corrected chi connectivity index (χ3v) is 6.32. The van der Waals surface area contributed by atoms with Crippen molar-refractivity contribution in [1.29, 1.82) is 0 Å². The minimum atomic E-state index is -6.42. The smallest absolute Gasteiger partial charge is 0.470 e. The number of carboxylic acid groups (broad SMARTS) is 1. The van der Waals surface area contributed by atoms with E-state index in [-0.39, 0.29) is 30.4 Å². The van der Waals surface area contributed by atoms with Gasteiger partial charge < -0.3 is 9.59 Å². The summed E-state index contributed by atoms with van der Waals surface area (Å²) < 4.78 is 117. The summed E-state index contributed by atoms with van der Waals surface area (Å²) in [6.45, 7) is -2.33. The predicted molar refractivity (Wildman–Crippen MR) is 86.6 cm³/mol. The van der Waals surface area contributed by atoms with E-state index in [1.807, 2.05) is 0 Å². The molecule has 28 heavy (non-hydrogen) atoms. The zero-order chi connectivity index (χ0) is 22.6. The molecule has 0 amide bonds. The maximum atomic E-state index is 13.3. The summed E-state index contributed by atoms with van der Waals surface area (Å²) in [5, 5.41) is 2.49. The topological polar surface area (TPSA) is 129 Å². The van der Waals surface area contributed by atoms with Gasteiger partial charge in [-0.3, -0.25) is 9.35 Å². The highest BCUT2D eigenvalue weighted by Gasteiger charge is 2.69. The maximum Gasteiger partial charge on any atom is 0.470 e. The molecule has 0 radical (unpaired) electrons. The van der Waals surface area contributed by atoms with Crippen LogP contribution in [-0.2, 0) is 24.9 Å². The van der Waals surface area contributed by atoms with Crippen molar-refractivity contribution < 1.29 is 57.7 Å². The molecule has 0 aromatic heterocycles. The number of aliphatic carboxylic acids is 1. The van der Waals surface area contributed by atoms with E-state index in [2.05, 4.69) is 0 Å². The number of quaternary nitrogens is 1. The summed E-state index contributed by atoms with van der Waals surface area (Å²) in [6, 6.07) is 0. The summed E-state index contributed by atoms with van der Waals surface area (Å²) in [4.78, 5) is 10.7. The van der Waals surface area contributed by atoms with Crippen molar-refractivity contribution in [2.75, 3.05) is 46.0 Å². The first-order chi connectivity index (χ1) is 12.2. The SMILES string of the molecule is C[N+](C)(CCCN(CC(=O)O)S(=O)(=O)C(F)(F)C(F)(F)F)CCCS(=O)(=O)O. The number of rotatable bonds is 12. The van der Waals surface area contributed by atoms with Gasteiger partial charge in [-0.25, -0.2) is 8.42 Å². The Morgan fingerprint density at radius 2 is 1.46 bits per heavy atom. The minimum Gasteiger partial charge on any atom is -0.480 e. The van der Waals surface area contributed by atoms with Gasteiger partial charge in [0, 0.05) is 19.4 Å². The molecule has 0 fully saturated rings. The normalized spacial score (nSPS) is 14.5. The highest BCUT2D eigenvalue weighted by atomic mass is 32.2. The van der Waals surface area contributed by atoms with Gasteiger partial charge in [0.05, 0.1) is 32.9 Å². The van der Waals surface area contributed by atoms with Crippen LogP contribution in [0.3, 0.4) is 0 Å². The van der Waals surface area contributed by atoms with Gasteiger partial charge in [0.2, 0.25) is 0 Å². The zero-order valence-corrected chi connectivity index (χ0v) is 16.6. The van der Waals surface area contributed by atoms with E-state index in [1.165, 1.54) is 0 Å². The third-order valence-electron chi connectivity index (χ3n) is 3.64. The van der Waals surface area contributed by atoms with Crippen molar-refractivity contribution in [2.45, 2.75) is 24.3 Å². The summed E-state index contributed by atoms with van der Waals surface area (Å²) in [5.41, 5.74) is 0. The number of carboxylic acids is 1. The van der Waals surface area contributed by atoms with Crippen LogP contribution in [0.4, 0.5) is 22.0 Å². The molecule has 0 aliphatic heterocycles.